The molecule has 1 aliphatic carbocycles. The normalized spacial score (nSPS) is 31.9. The van der Waals surface area contributed by atoms with Gasteiger partial charge in [0.2, 0.25) is 0 Å². The lowest BCUT2D eigenvalue weighted by Crippen LogP contribution is -2.49. The van der Waals surface area contributed by atoms with Crippen molar-refractivity contribution in [3.8, 4) is 0 Å². The smallest absolute Gasteiger partial charge is 0.164 e. The van der Waals surface area contributed by atoms with Crippen molar-refractivity contribution in [1.82, 2.24) is 4.98 Å². The van der Waals surface area contributed by atoms with Crippen molar-refractivity contribution in [1.29, 1.82) is 0 Å². The molecule has 1 saturated heterocycles. The average Bonchev–Trinajstić information content (AvgIpc) is 2.55. The first kappa shape index (κ1) is 11.0. The molecule has 2 unspecified atom stereocenters. The second-order valence-electron chi connectivity index (χ2n) is 5.36. The largest absolute Gasteiger partial charge is 0.368 e. The molecule has 0 aromatic carbocycles. The first-order valence-corrected chi connectivity index (χ1v) is 6.28. The standard InChI is InChI=1S/C13H18FN3/c1-8-4-12(11(14)5-16-8)17-6-9-2-3-10(7-17)13(9)15/h4-5,9-10,13H,2-3,6-7,15H2,1H3. The van der Waals surface area contributed by atoms with Gasteiger partial charge in [0, 0.05) is 24.8 Å². The Morgan fingerprint density at radius 1 is 1.35 bits per heavy atom. The van der Waals surface area contributed by atoms with E-state index >= 15 is 0 Å². The van der Waals surface area contributed by atoms with Crippen LogP contribution in [0.2, 0.25) is 0 Å². The van der Waals surface area contributed by atoms with Gasteiger partial charge in [-0.3, -0.25) is 4.98 Å². The summed E-state index contributed by atoms with van der Waals surface area (Å²) in [6, 6.07) is 2.16. The second-order valence-corrected chi connectivity index (χ2v) is 5.36. The second kappa shape index (κ2) is 3.95. The van der Waals surface area contributed by atoms with E-state index in [1.165, 1.54) is 19.0 Å². The van der Waals surface area contributed by atoms with Crippen LogP contribution in [0.5, 0.6) is 0 Å². The lowest BCUT2D eigenvalue weighted by Gasteiger charge is -2.37. The number of aromatic nitrogens is 1. The van der Waals surface area contributed by atoms with Crippen molar-refractivity contribution < 1.29 is 4.39 Å². The summed E-state index contributed by atoms with van der Waals surface area (Å²) in [5.41, 5.74) is 7.72. The first-order chi connectivity index (χ1) is 8.15. The zero-order valence-corrected chi connectivity index (χ0v) is 10.1. The van der Waals surface area contributed by atoms with E-state index in [4.69, 9.17) is 5.73 Å². The third-order valence-corrected chi connectivity index (χ3v) is 4.22. The predicted octanol–water partition coefficient (Wildman–Crippen LogP) is 1.70. The average molecular weight is 235 g/mol. The molecule has 0 spiro atoms. The molecular weight excluding hydrogens is 217 g/mol. The molecule has 2 heterocycles. The van der Waals surface area contributed by atoms with Gasteiger partial charge >= 0.3 is 0 Å². The van der Waals surface area contributed by atoms with E-state index in [1.807, 2.05) is 13.0 Å². The molecular formula is C13H18FN3. The van der Waals surface area contributed by atoms with Gasteiger partial charge in [-0.05, 0) is 37.7 Å². The van der Waals surface area contributed by atoms with E-state index in [9.17, 15) is 4.39 Å². The predicted molar refractivity (Wildman–Crippen MR) is 65.3 cm³/mol. The van der Waals surface area contributed by atoms with Gasteiger partial charge in [-0.25, -0.2) is 4.39 Å². The lowest BCUT2D eigenvalue weighted by atomic mass is 9.93. The van der Waals surface area contributed by atoms with Crippen molar-refractivity contribution in [3.63, 3.8) is 0 Å². The zero-order valence-electron chi connectivity index (χ0n) is 10.1. The van der Waals surface area contributed by atoms with E-state index in [2.05, 4.69) is 9.88 Å². The van der Waals surface area contributed by atoms with Gasteiger partial charge in [0.15, 0.2) is 5.82 Å². The molecule has 92 valence electrons. The van der Waals surface area contributed by atoms with Crippen LogP contribution in [-0.2, 0) is 0 Å². The van der Waals surface area contributed by atoms with Crippen molar-refractivity contribution in [3.05, 3.63) is 23.8 Å². The highest BCUT2D eigenvalue weighted by atomic mass is 19.1. The summed E-state index contributed by atoms with van der Waals surface area (Å²) in [7, 11) is 0. The molecule has 3 rings (SSSR count). The Labute approximate surface area is 101 Å². The van der Waals surface area contributed by atoms with Gasteiger partial charge in [0.25, 0.3) is 0 Å². The maximum Gasteiger partial charge on any atom is 0.164 e. The number of nitrogens with two attached hydrogens (primary N) is 1. The van der Waals surface area contributed by atoms with Crippen LogP contribution in [0.15, 0.2) is 12.3 Å². The number of halogens is 1. The van der Waals surface area contributed by atoms with Crippen molar-refractivity contribution in [2.45, 2.75) is 25.8 Å². The molecule has 4 heteroatoms. The highest BCUT2D eigenvalue weighted by Crippen LogP contribution is 2.38. The van der Waals surface area contributed by atoms with Gasteiger partial charge in [0.1, 0.15) is 0 Å². The Morgan fingerprint density at radius 2 is 2.00 bits per heavy atom. The fourth-order valence-electron chi connectivity index (χ4n) is 3.23. The summed E-state index contributed by atoms with van der Waals surface area (Å²) in [6.07, 6.45) is 3.70. The van der Waals surface area contributed by atoms with Crippen molar-refractivity contribution >= 4 is 5.69 Å². The van der Waals surface area contributed by atoms with Gasteiger partial charge in [-0.2, -0.15) is 0 Å². The highest BCUT2D eigenvalue weighted by molar-refractivity contribution is 5.49. The maximum absolute atomic E-state index is 13.8. The molecule has 2 N–H and O–H groups in total. The number of fused-ring (bicyclic) bond motifs is 2. The molecule has 0 radical (unpaired) electrons. The molecule has 2 aliphatic rings. The number of aryl methyl sites for hydroxylation is 1. The highest BCUT2D eigenvalue weighted by Gasteiger charge is 2.40. The van der Waals surface area contributed by atoms with Crippen LogP contribution in [0, 0.1) is 24.6 Å². The SMILES string of the molecule is Cc1cc(N2CC3CCC(C2)C3N)c(F)cn1. The van der Waals surface area contributed by atoms with E-state index in [0.717, 1.165) is 18.8 Å². The van der Waals surface area contributed by atoms with Crippen LogP contribution in [0.4, 0.5) is 10.1 Å². The number of hydrogen-bond acceptors (Lipinski definition) is 3. The summed E-state index contributed by atoms with van der Waals surface area (Å²) < 4.78 is 13.8. The zero-order chi connectivity index (χ0) is 12.0. The number of hydrogen-bond donors (Lipinski definition) is 1. The molecule has 2 fully saturated rings. The van der Waals surface area contributed by atoms with Crippen LogP contribution in [0.25, 0.3) is 0 Å². The van der Waals surface area contributed by atoms with Crippen LogP contribution in [0.3, 0.4) is 0 Å². The molecule has 17 heavy (non-hydrogen) atoms. The summed E-state index contributed by atoms with van der Waals surface area (Å²) >= 11 is 0. The minimum atomic E-state index is -0.217. The van der Waals surface area contributed by atoms with E-state index in [1.54, 1.807) is 0 Å². The Balaban J connectivity index is 1.88. The lowest BCUT2D eigenvalue weighted by molar-refractivity contribution is 0.354. The Morgan fingerprint density at radius 3 is 2.65 bits per heavy atom. The minimum Gasteiger partial charge on any atom is -0.368 e. The maximum atomic E-state index is 13.8. The molecule has 3 nitrogen and oxygen atoms in total. The Bertz CT molecular complexity index is 421. The Kier molecular flexibility index (Phi) is 2.54. The molecule has 1 aliphatic heterocycles. The number of rotatable bonds is 1. The van der Waals surface area contributed by atoms with E-state index < -0.39 is 0 Å². The van der Waals surface area contributed by atoms with Gasteiger partial charge in [-0.15, -0.1) is 0 Å². The van der Waals surface area contributed by atoms with Crippen LogP contribution >= 0.6 is 0 Å². The fourth-order valence-corrected chi connectivity index (χ4v) is 3.23. The van der Waals surface area contributed by atoms with Crippen LogP contribution < -0.4 is 10.6 Å². The van der Waals surface area contributed by atoms with Gasteiger partial charge < -0.3 is 10.6 Å². The van der Waals surface area contributed by atoms with Gasteiger partial charge in [0.05, 0.1) is 11.9 Å². The summed E-state index contributed by atoms with van der Waals surface area (Å²) in [4.78, 5) is 6.12. The van der Waals surface area contributed by atoms with E-state index in [0.29, 0.717) is 23.6 Å². The molecule has 1 saturated carbocycles. The number of nitrogens with zero attached hydrogens (tertiary/aromatic N) is 2. The van der Waals surface area contributed by atoms with Crippen LogP contribution in [-0.4, -0.2) is 24.1 Å². The van der Waals surface area contributed by atoms with Crippen molar-refractivity contribution in [2.75, 3.05) is 18.0 Å². The third-order valence-electron chi connectivity index (χ3n) is 4.22. The third kappa shape index (κ3) is 1.80. The summed E-state index contributed by atoms with van der Waals surface area (Å²) in [5, 5.41) is 0. The monoisotopic (exact) mass is 235 g/mol. The Hall–Kier alpha value is -1.16. The summed E-state index contributed by atoms with van der Waals surface area (Å²) in [6.45, 7) is 3.67. The van der Waals surface area contributed by atoms with Gasteiger partial charge in [-0.1, -0.05) is 0 Å². The van der Waals surface area contributed by atoms with E-state index in [-0.39, 0.29) is 5.82 Å². The topological polar surface area (TPSA) is 42.1 Å². The first-order valence-electron chi connectivity index (χ1n) is 6.28. The number of piperidine rings is 1. The summed E-state index contributed by atoms with van der Waals surface area (Å²) in [5.74, 6) is 0.841. The van der Waals surface area contributed by atoms with Crippen LogP contribution in [0.1, 0.15) is 18.5 Å². The number of pyridine rings is 1. The molecule has 1 aromatic rings. The molecule has 0 amide bonds. The minimum absolute atomic E-state index is 0.217. The molecule has 2 bridgehead atoms. The molecule has 1 aromatic heterocycles. The quantitative estimate of drug-likeness (QED) is 0.805. The molecule has 2 atom stereocenters. The number of anilines is 1. The van der Waals surface area contributed by atoms with Crippen molar-refractivity contribution in [2.24, 2.45) is 17.6 Å². The fraction of sp³-hybridized carbons (Fsp3) is 0.615.